The Labute approximate surface area is 224 Å². The Morgan fingerprint density at radius 1 is 0.947 bits per heavy atom. The van der Waals surface area contributed by atoms with Crippen LogP contribution in [0.3, 0.4) is 0 Å². The van der Waals surface area contributed by atoms with Gasteiger partial charge in [-0.3, -0.25) is 19.7 Å². The molecule has 0 heterocycles. The highest BCUT2D eigenvalue weighted by Crippen LogP contribution is 2.23. The molecule has 3 aromatic carbocycles. The molecule has 1 aliphatic carbocycles. The summed E-state index contributed by atoms with van der Waals surface area (Å²) in [5, 5.41) is 14.8. The van der Waals surface area contributed by atoms with Crippen molar-refractivity contribution in [1.29, 1.82) is 0 Å². The van der Waals surface area contributed by atoms with Crippen molar-refractivity contribution >= 4 is 17.5 Å². The zero-order valence-electron chi connectivity index (χ0n) is 21.8. The molecule has 1 N–H and O–H groups in total. The molecule has 3 aromatic rings. The van der Waals surface area contributed by atoms with Crippen molar-refractivity contribution in [3.8, 4) is 0 Å². The van der Waals surface area contributed by atoms with E-state index in [2.05, 4.69) is 5.32 Å². The molecule has 7 nitrogen and oxygen atoms in total. The molecule has 1 unspecified atom stereocenters. The molecule has 0 radical (unpaired) electrons. The second-order valence-electron chi connectivity index (χ2n) is 10.1. The number of hydrogen-bond donors (Lipinski definition) is 1. The molecule has 1 fully saturated rings. The van der Waals surface area contributed by atoms with E-state index in [4.69, 9.17) is 0 Å². The van der Waals surface area contributed by atoms with Crippen LogP contribution in [0.15, 0.2) is 78.9 Å². The summed E-state index contributed by atoms with van der Waals surface area (Å²) in [5.74, 6) is -0.496. The zero-order chi connectivity index (χ0) is 26.9. The molecule has 0 spiro atoms. The van der Waals surface area contributed by atoms with Gasteiger partial charge in [-0.1, -0.05) is 97.6 Å². The Hall–Kier alpha value is -4.00. The molecule has 4 rings (SSSR count). The van der Waals surface area contributed by atoms with Crippen molar-refractivity contribution in [2.24, 2.45) is 0 Å². The van der Waals surface area contributed by atoms with Crippen LogP contribution in [0.5, 0.6) is 0 Å². The van der Waals surface area contributed by atoms with E-state index in [0.29, 0.717) is 12.0 Å². The highest BCUT2D eigenvalue weighted by Gasteiger charge is 2.32. The van der Waals surface area contributed by atoms with Crippen molar-refractivity contribution in [3.05, 3.63) is 111 Å². The molecule has 1 saturated carbocycles. The molecule has 1 aliphatic rings. The number of nitrogens with one attached hydrogen (secondary N) is 1. The van der Waals surface area contributed by atoms with E-state index >= 15 is 0 Å². The number of amides is 2. The summed E-state index contributed by atoms with van der Waals surface area (Å²) in [4.78, 5) is 40.5. The van der Waals surface area contributed by atoms with E-state index in [1.54, 1.807) is 23.1 Å². The van der Waals surface area contributed by atoms with Gasteiger partial charge in [-0.2, -0.15) is 0 Å². The van der Waals surface area contributed by atoms with Gasteiger partial charge < -0.3 is 10.2 Å². The summed E-state index contributed by atoms with van der Waals surface area (Å²) in [6.07, 6.45) is 5.40. The molecule has 38 heavy (non-hydrogen) atoms. The molecule has 0 saturated heterocycles. The SMILES string of the molecule is Cc1cccc(CN(C(=O)Cc2ccccc2[N+](=O)[O-])C(Cc2ccccc2)C(=O)NC2CCCCC2)c1. The Morgan fingerprint density at radius 2 is 1.63 bits per heavy atom. The number of nitrogens with zero attached hydrogens (tertiary/aromatic N) is 2. The molecular formula is C31H35N3O4. The molecule has 0 aromatic heterocycles. The third-order valence-corrected chi connectivity index (χ3v) is 7.19. The van der Waals surface area contributed by atoms with Crippen LogP contribution < -0.4 is 5.32 Å². The van der Waals surface area contributed by atoms with E-state index in [1.807, 2.05) is 61.5 Å². The third kappa shape index (κ3) is 7.28. The van der Waals surface area contributed by atoms with Crippen molar-refractivity contribution in [1.82, 2.24) is 10.2 Å². The minimum Gasteiger partial charge on any atom is -0.352 e. The molecular weight excluding hydrogens is 478 g/mol. The molecule has 0 aliphatic heterocycles. The standard InChI is InChI=1S/C31H35N3O4/c1-23-11-10-14-25(19-23)22-33(30(35)21-26-15-8-9-18-28(26)34(37)38)29(20-24-12-4-2-5-13-24)31(36)32-27-16-6-3-7-17-27/h2,4-5,8-15,18-19,27,29H,3,6-7,16-17,20-22H2,1H3,(H,32,36). The predicted octanol–water partition coefficient (Wildman–Crippen LogP) is 5.53. The van der Waals surface area contributed by atoms with Crippen molar-refractivity contribution in [2.45, 2.75) is 70.5 Å². The van der Waals surface area contributed by atoms with Crippen LogP contribution in [-0.4, -0.2) is 33.7 Å². The number of carbonyl (C=O) groups is 2. The lowest BCUT2D eigenvalue weighted by Crippen LogP contribution is -2.53. The summed E-state index contributed by atoms with van der Waals surface area (Å²) in [5.41, 5.74) is 3.15. The first-order chi connectivity index (χ1) is 18.4. The normalized spacial score (nSPS) is 14.4. The highest BCUT2D eigenvalue weighted by atomic mass is 16.6. The van der Waals surface area contributed by atoms with Crippen molar-refractivity contribution in [2.75, 3.05) is 0 Å². The maximum Gasteiger partial charge on any atom is 0.273 e. The van der Waals surface area contributed by atoms with Crippen molar-refractivity contribution < 1.29 is 14.5 Å². The van der Waals surface area contributed by atoms with Crippen LogP contribution in [0.25, 0.3) is 0 Å². The quantitative estimate of drug-likeness (QED) is 0.285. The largest absolute Gasteiger partial charge is 0.352 e. The lowest BCUT2D eigenvalue weighted by atomic mass is 9.94. The smallest absolute Gasteiger partial charge is 0.273 e. The van der Waals surface area contributed by atoms with Gasteiger partial charge in [0.1, 0.15) is 6.04 Å². The second-order valence-corrected chi connectivity index (χ2v) is 10.1. The number of para-hydroxylation sites is 1. The summed E-state index contributed by atoms with van der Waals surface area (Å²) in [7, 11) is 0. The lowest BCUT2D eigenvalue weighted by molar-refractivity contribution is -0.385. The topological polar surface area (TPSA) is 92.6 Å². The third-order valence-electron chi connectivity index (χ3n) is 7.19. The van der Waals surface area contributed by atoms with E-state index in [9.17, 15) is 19.7 Å². The fraction of sp³-hybridized carbons (Fsp3) is 0.355. The van der Waals surface area contributed by atoms with Crippen LogP contribution in [0, 0.1) is 17.0 Å². The molecule has 0 bridgehead atoms. The fourth-order valence-corrected chi connectivity index (χ4v) is 5.21. The maximum absolute atomic E-state index is 13.9. The summed E-state index contributed by atoms with van der Waals surface area (Å²) in [6, 6.07) is 23.2. The fourth-order valence-electron chi connectivity index (χ4n) is 5.21. The van der Waals surface area contributed by atoms with Crippen LogP contribution in [0.1, 0.15) is 54.4 Å². The highest BCUT2D eigenvalue weighted by molar-refractivity contribution is 5.89. The molecule has 2 amide bonds. The lowest BCUT2D eigenvalue weighted by Gasteiger charge is -2.33. The van der Waals surface area contributed by atoms with Gasteiger partial charge in [0.05, 0.1) is 11.3 Å². The number of benzene rings is 3. The van der Waals surface area contributed by atoms with Gasteiger partial charge in [0.25, 0.3) is 5.69 Å². The zero-order valence-corrected chi connectivity index (χ0v) is 21.8. The van der Waals surface area contributed by atoms with Crippen LogP contribution in [0.4, 0.5) is 5.69 Å². The number of carbonyl (C=O) groups excluding carboxylic acids is 2. The number of nitro benzene ring substituents is 1. The van der Waals surface area contributed by atoms with Gasteiger partial charge in [-0.15, -0.1) is 0 Å². The summed E-state index contributed by atoms with van der Waals surface area (Å²) in [6.45, 7) is 2.22. The van der Waals surface area contributed by atoms with Gasteiger partial charge >= 0.3 is 0 Å². The first kappa shape index (κ1) is 27.0. The van der Waals surface area contributed by atoms with Crippen molar-refractivity contribution in [3.63, 3.8) is 0 Å². The maximum atomic E-state index is 13.9. The Bertz CT molecular complexity index is 1250. The Morgan fingerprint density at radius 3 is 2.34 bits per heavy atom. The van der Waals surface area contributed by atoms with Crippen LogP contribution >= 0.6 is 0 Å². The van der Waals surface area contributed by atoms with Gasteiger partial charge in [-0.25, -0.2) is 0 Å². The van der Waals surface area contributed by atoms with Gasteiger partial charge in [0.15, 0.2) is 0 Å². The molecule has 7 heteroatoms. The van der Waals surface area contributed by atoms with Gasteiger partial charge in [0, 0.05) is 30.6 Å². The average Bonchev–Trinajstić information content (AvgIpc) is 2.92. The van der Waals surface area contributed by atoms with Crippen LogP contribution in [-0.2, 0) is 29.0 Å². The predicted molar refractivity (Wildman–Crippen MR) is 147 cm³/mol. The molecule has 1 atom stereocenters. The number of nitro groups is 1. The van der Waals surface area contributed by atoms with Crippen LogP contribution in [0.2, 0.25) is 0 Å². The van der Waals surface area contributed by atoms with E-state index in [0.717, 1.165) is 42.4 Å². The van der Waals surface area contributed by atoms with Gasteiger partial charge in [0.2, 0.25) is 11.8 Å². The van der Waals surface area contributed by atoms with E-state index in [1.165, 1.54) is 12.5 Å². The number of aryl methyl sites for hydroxylation is 1. The number of hydrogen-bond acceptors (Lipinski definition) is 4. The van der Waals surface area contributed by atoms with E-state index < -0.39 is 11.0 Å². The Kier molecular flexibility index (Phi) is 9.25. The summed E-state index contributed by atoms with van der Waals surface area (Å²) >= 11 is 0. The average molecular weight is 514 g/mol. The minimum absolute atomic E-state index is 0.0948. The monoisotopic (exact) mass is 513 g/mol. The summed E-state index contributed by atoms with van der Waals surface area (Å²) < 4.78 is 0. The Balaban J connectivity index is 1.69. The number of rotatable bonds is 10. The molecule has 198 valence electrons. The van der Waals surface area contributed by atoms with Gasteiger partial charge in [-0.05, 0) is 30.9 Å². The van der Waals surface area contributed by atoms with E-state index in [-0.39, 0.29) is 36.5 Å². The first-order valence-corrected chi connectivity index (χ1v) is 13.3. The first-order valence-electron chi connectivity index (χ1n) is 13.3. The second kappa shape index (κ2) is 13.0. The minimum atomic E-state index is -0.755.